The number of rotatable bonds is 7. The van der Waals surface area contributed by atoms with E-state index in [2.05, 4.69) is 48.5 Å². The number of hydrogen-bond donors (Lipinski definition) is 1. The second kappa shape index (κ2) is 7.96. The van der Waals surface area contributed by atoms with Crippen molar-refractivity contribution in [1.29, 1.82) is 0 Å². The first-order valence-electron chi connectivity index (χ1n) is 6.10. The predicted molar refractivity (Wildman–Crippen MR) is 70.2 cm³/mol. The maximum Gasteiger partial charge on any atom is 0.0317 e. The average molecular weight is 215 g/mol. The third-order valence-corrected chi connectivity index (χ3v) is 2.75. The van der Waals surface area contributed by atoms with Crippen LogP contribution < -0.4 is 5.32 Å². The van der Waals surface area contributed by atoms with Crippen molar-refractivity contribution in [3.05, 3.63) is 35.9 Å². The lowest BCUT2D eigenvalue weighted by atomic mass is 10.0. The first-order chi connectivity index (χ1) is 7.88. The lowest BCUT2D eigenvalue weighted by Gasteiger charge is -2.17. The van der Waals surface area contributed by atoms with Crippen LogP contribution in [0.25, 0.3) is 0 Å². The highest BCUT2D eigenvalue weighted by molar-refractivity contribution is 5.18. The highest BCUT2D eigenvalue weighted by Crippen LogP contribution is 2.15. The molecule has 0 aliphatic heterocycles. The highest BCUT2D eigenvalue weighted by Gasteiger charge is 2.06. The molecule has 1 unspecified atom stereocenters. The van der Waals surface area contributed by atoms with Crippen LogP contribution in [0.2, 0.25) is 0 Å². The molecule has 1 atom stereocenters. The van der Waals surface area contributed by atoms with Gasteiger partial charge in [-0.3, -0.25) is 0 Å². The molecule has 0 bridgehead atoms. The van der Waals surface area contributed by atoms with Gasteiger partial charge in [-0.1, -0.05) is 37.3 Å². The first kappa shape index (κ1) is 12.8. The summed E-state index contributed by atoms with van der Waals surface area (Å²) < 4.78 is 0. The normalized spacial score (nSPS) is 12.0. The molecule has 86 valence electrons. The summed E-state index contributed by atoms with van der Waals surface area (Å²) in [6.45, 7) is 3.27. The van der Waals surface area contributed by atoms with E-state index < -0.39 is 0 Å². The second-order valence-electron chi connectivity index (χ2n) is 3.99. The molecule has 0 aliphatic rings. The number of hydrogen-bond acceptors (Lipinski definition) is 1. The van der Waals surface area contributed by atoms with Crippen molar-refractivity contribution in [3.8, 4) is 12.3 Å². The molecule has 0 aliphatic carbocycles. The van der Waals surface area contributed by atoms with Gasteiger partial charge in [0.15, 0.2) is 0 Å². The van der Waals surface area contributed by atoms with Gasteiger partial charge in [0.25, 0.3) is 0 Å². The number of terminal acetylenes is 1. The van der Waals surface area contributed by atoms with Crippen molar-refractivity contribution in [1.82, 2.24) is 5.32 Å². The summed E-state index contributed by atoms with van der Waals surface area (Å²) in [6, 6.07) is 11.1. The SMILES string of the molecule is C#CCCCCNC(CC)c1ccccc1. The molecule has 0 fully saturated rings. The fourth-order valence-electron chi connectivity index (χ4n) is 1.81. The second-order valence-corrected chi connectivity index (χ2v) is 3.99. The van der Waals surface area contributed by atoms with E-state index in [1.54, 1.807) is 0 Å². The summed E-state index contributed by atoms with van der Waals surface area (Å²) in [6.07, 6.45) is 9.51. The summed E-state index contributed by atoms with van der Waals surface area (Å²) in [5.41, 5.74) is 1.38. The van der Waals surface area contributed by atoms with E-state index in [-0.39, 0.29) is 0 Å². The zero-order valence-electron chi connectivity index (χ0n) is 10.1. The molecule has 1 heteroatoms. The quantitative estimate of drug-likeness (QED) is 0.542. The van der Waals surface area contributed by atoms with E-state index in [1.807, 2.05) is 0 Å². The van der Waals surface area contributed by atoms with Gasteiger partial charge < -0.3 is 5.32 Å². The third-order valence-electron chi connectivity index (χ3n) is 2.75. The van der Waals surface area contributed by atoms with E-state index in [9.17, 15) is 0 Å². The van der Waals surface area contributed by atoms with Crippen LogP contribution in [-0.4, -0.2) is 6.54 Å². The molecule has 0 heterocycles. The Kier molecular flexibility index (Phi) is 6.37. The molecule has 0 spiro atoms. The van der Waals surface area contributed by atoms with Gasteiger partial charge in [-0.05, 0) is 31.4 Å². The summed E-state index contributed by atoms with van der Waals surface area (Å²) in [5.74, 6) is 2.67. The van der Waals surface area contributed by atoms with E-state index in [1.165, 1.54) is 5.56 Å². The Morgan fingerprint density at radius 3 is 2.62 bits per heavy atom. The Hall–Kier alpha value is -1.26. The van der Waals surface area contributed by atoms with Crippen LogP contribution in [0.1, 0.15) is 44.2 Å². The third kappa shape index (κ3) is 4.51. The molecular formula is C15H21N. The Morgan fingerprint density at radius 1 is 1.25 bits per heavy atom. The fourth-order valence-corrected chi connectivity index (χ4v) is 1.81. The van der Waals surface area contributed by atoms with Crippen molar-refractivity contribution in [2.45, 2.75) is 38.6 Å². The summed E-state index contributed by atoms with van der Waals surface area (Å²) >= 11 is 0. The maximum atomic E-state index is 5.22. The first-order valence-corrected chi connectivity index (χ1v) is 6.10. The molecule has 0 amide bonds. The molecule has 16 heavy (non-hydrogen) atoms. The molecule has 1 aromatic rings. The molecule has 1 rings (SSSR count). The Bertz CT molecular complexity index is 310. The van der Waals surface area contributed by atoms with E-state index >= 15 is 0 Å². The standard InChI is InChI=1S/C15H21N/c1-3-5-6-10-13-16-15(4-2)14-11-8-7-9-12-14/h1,7-9,11-12,15-16H,4-6,10,13H2,2H3. The minimum absolute atomic E-state index is 0.479. The van der Waals surface area contributed by atoms with Crippen LogP contribution >= 0.6 is 0 Å². The minimum Gasteiger partial charge on any atom is -0.310 e. The molecule has 0 saturated carbocycles. The van der Waals surface area contributed by atoms with Crippen molar-refractivity contribution >= 4 is 0 Å². The van der Waals surface area contributed by atoms with E-state index in [0.29, 0.717) is 6.04 Å². The monoisotopic (exact) mass is 215 g/mol. The molecular weight excluding hydrogens is 194 g/mol. The fraction of sp³-hybridized carbons (Fsp3) is 0.467. The van der Waals surface area contributed by atoms with Crippen molar-refractivity contribution < 1.29 is 0 Å². The van der Waals surface area contributed by atoms with Gasteiger partial charge >= 0.3 is 0 Å². The van der Waals surface area contributed by atoms with Gasteiger partial charge in [-0.15, -0.1) is 12.3 Å². The van der Waals surface area contributed by atoms with Crippen LogP contribution in [0.4, 0.5) is 0 Å². The smallest absolute Gasteiger partial charge is 0.0317 e. The summed E-state index contributed by atoms with van der Waals surface area (Å²) in [7, 11) is 0. The van der Waals surface area contributed by atoms with Crippen LogP contribution in [0.15, 0.2) is 30.3 Å². The Labute approximate surface area is 99.3 Å². The minimum atomic E-state index is 0.479. The van der Waals surface area contributed by atoms with Crippen molar-refractivity contribution in [2.75, 3.05) is 6.54 Å². The van der Waals surface area contributed by atoms with Crippen LogP contribution in [0.5, 0.6) is 0 Å². The molecule has 1 N–H and O–H groups in total. The van der Waals surface area contributed by atoms with Crippen LogP contribution in [0, 0.1) is 12.3 Å². The zero-order valence-corrected chi connectivity index (χ0v) is 10.1. The number of unbranched alkanes of at least 4 members (excludes halogenated alkanes) is 2. The lowest BCUT2D eigenvalue weighted by molar-refractivity contribution is 0.505. The van der Waals surface area contributed by atoms with Crippen molar-refractivity contribution in [2.24, 2.45) is 0 Å². The molecule has 0 radical (unpaired) electrons. The van der Waals surface area contributed by atoms with E-state index in [0.717, 1.165) is 32.2 Å². The Balaban J connectivity index is 2.31. The highest BCUT2D eigenvalue weighted by atomic mass is 14.9. The molecule has 1 nitrogen and oxygen atoms in total. The van der Waals surface area contributed by atoms with Crippen LogP contribution in [0.3, 0.4) is 0 Å². The Morgan fingerprint density at radius 2 is 2.00 bits per heavy atom. The van der Waals surface area contributed by atoms with Gasteiger partial charge in [0.2, 0.25) is 0 Å². The zero-order chi connectivity index (χ0) is 11.6. The summed E-state index contributed by atoms with van der Waals surface area (Å²) in [4.78, 5) is 0. The van der Waals surface area contributed by atoms with Gasteiger partial charge in [-0.25, -0.2) is 0 Å². The van der Waals surface area contributed by atoms with Gasteiger partial charge in [0.05, 0.1) is 0 Å². The van der Waals surface area contributed by atoms with Crippen LogP contribution in [-0.2, 0) is 0 Å². The van der Waals surface area contributed by atoms with Gasteiger partial charge in [-0.2, -0.15) is 0 Å². The largest absolute Gasteiger partial charge is 0.310 e. The molecule has 0 aromatic heterocycles. The number of nitrogens with one attached hydrogen (secondary N) is 1. The molecule has 0 saturated heterocycles. The summed E-state index contributed by atoms with van der Waals surface area (Å²) in [5, 5.41) is 3.58. The van der Waals surface area contributed by atoms with Gasteiger partial charge in [0, 0.05) is 12.5 Å². The molecule has 1 aromatic carbocycles. The average Bonchev–Trinajstić information content (AvgIpc) is 2.35. The van der Waals surface area contributed by atoms with Gasteiger partial charge in [0.1, 0.15) is 0 Å². The topological polar surface area (TPSA) is 12.0 Å². The lowest BCUT2D eigenvalue weighted by Crippen LogP contribution is -2.21. The maximum absolute atomic E-state index is 5.22. The number of benzene rings is 1. The van der Waals surface area contributed by atoms with E-state index in [4.69, 9.17) is 6.42 Å². The van der Waals surface area contributed by atoms with Crippen molar-refractivity contribution in [3.63, 3.8) is 0 Å². The predicted octanol–water partition coefficient (Wildman–Crippen LogP) is 3.53.